The van der Waals surface area contributed by atoms with Gasteiger partial charge in [-0.1, -0.05) is 6.07 Å². The van der Waals surface area contributed by atoms with Gasteiger partial charge in [-0.15, -0.1) is 0 Å². The third-order valence-electron chi connectivity index (χ3n) is 8.27. The highest BCUT2D eigenvalue weighted by Crippen LogP contribution is 2.50. The van der Waals surface area contributed by atoms with Gasteiger partial charge in [-0.3, -0.25) is 14.0 Å². The first kappa shape index (κ1) is 23.3. The maximum absolute atomic E-state index is 14.7. The second kappa shape index (κ2) is 9.96. The number of ether oxygens (including phenoxy) is 1. The highest BCUT2D eigenvalue weighted by atomic mass is 19.2. The Morgan fingerprint density at radius 2 is 1.47 bits per heavy atom. The lowest BCUT2D eigenvalue weighted by Gasteiger charge is -2.40. The van der Waals surface area contributed by atoms with Crippen molar-refractivity contribution in [3.63, 3.8) is 0 Å². The Labute approximate surface area is 188 Å². The molecule has 0 aromatic heterocycles. The van der Waals surface area contributed by atoms with Crippen molar-refractivity contribution < 1.29 is 27.5 Å². The van der Waals surface area contributed by atoms with E-state index in [1.165, 1.54) is 6.07 Å². The fraction of sp³-hybridized carbons (Fsp3) is 0.692. The van der Waals surface area contributed by atoms with Crippen molar-refractivity contribution in [1.29, 1.82) is 0 Å². The van der Waals surface area contributed by atoms with Crippen LogP contribution in [0.5, 0.6) is 5.75 Å². The Kier molecular flexibility index (Phi) is 7.26. The van der Waals surface area contributed by atoms with E-state index in [2.05, 4.69) is 0 Å². The van der Waals surface area contributed by atoms with Crippen LogP contribution in [-0.4, -0.2) is 24.8 Å². The van der Waals surface area contributed by atoms with Gasteiger partial charge in [0.25, 0.3) is 0 Å². The molecule has 3 aliphatic carbocycles. The number of benzene rings is 1. The molecule has 0 atom stereocenters. The Hall–Kier alpha value is -1.85. The van der Waals surface area contributed by atoms with Crippen LogP contribution in [0.2, 0.25) is 0 Å². The van der Waals surface area contributed by atoms with E-state index in [-0.39, 0.29) is 29.8 Å². The van der Waals surface area contributed by atoms with Crippen molar-refractivity contribution in [2.24, 2.45) is 17.3 Å². The van der Waals surface area contributed by atoms with Crippen molar-refractivity contribution in [1.82, 2.24) is 0 Å². The molecule has 32 heavy (non-hydrogen) atoms. The van der Waals surface area contributed by atoms with E-state index < -0.39 is 23.7 Å². The van der Waals surface area contributed by atoms with Crippen molar-refractivity contribution >= 4 is 11.6 Å². The van der Waals surface area contributed by atoms with E-state index in [9.17, 15) is 22.8 Å². The zero-order valence-electron chi connectivity index (χ0n) is 18.6. The van der Waals surface area contributed by atoms with Gasteiger partial charge in [0.05, 0.1) is 18.7 Å². The van der Waals surface area contributed by atoms with Crippen molar-refractivity contribution in [2.75, 3.05) is 13.3 Å². The molecule has 1 aromatic rings. The van der Waals surface area contributed by atoms with Crippen LogP contribution < -0.4 is 4.74 Å². The van der Waals surface area contributed by atoms with Crippen molar-refractivity contribution in [3.8, 4) is 5.75 Å². The number of halogens is 3. The molecule has 0 N–H and O–H groups in total. The van der Waals surface area contributed by atoms with E-state index in [1.54, 1.807) is 6.07 Å². The topological polar surface area (TPSA) is 43.4 Å². The van der Waals surface area contributed by atoms with Crippen LogP contribution in [0.25, 0.3) is 0 Å². The lowest BCUT2D eigenvalue weighted by molar-refractivity contribution is -0.138. The highest BCUT2D eigenvalue weighted by molar-refractivity contribution is 6.12. The van der Waals surface area contributed by atoms with E-state index in [0.29, 0.717) is 55.9 Å². The molecular weight excluding hydrogens is 417 g/mol. The van der Waals surface area contributed by atoms with Crippen LogP contribution in [-0.2, 0) is 9.59 Å². The van der Waals surface area contributed by atoms with Crippen LogP contribution in [0.4, 0.5) is 13.2 Å². The smallest absolute Gasteiger partial charge is 0.200 e. The second-order valence-electron chi connectivity index (χ2n) is 9.90. The quantitative estimate of drug-likeness (QED) is 0.353. The van der Waals surface area contributed by atoms with Crippen LogP contribution >= 0.6 is 0 Å². The maximum Gasteiger partial charge on any atom is 0.200 e. The standard InChI is InChI=1S/C26H33F3O3/c27-15-1-2-16-32-21-8-7-20(24(28)25(21)29)19-5-3-17(4-6-19)18-11-13-26(14-12-18)22(30)9-10-23(26)31/h7-8,17-19H,1-6,9-16H2. The van der Waals surface area contributed by atoms with Gasteiger partial charge in [0, 0.05) is 12.8 Å². The number of ketones is 2. The molecule has 1 spiro atoms. The number of unbranched alkanes of at least 4 members (excludes halogenated alkanes) is 1. The number of carbonyl (C=O) groups is 2. The summed E-state index contributed by atoms with van der Waals surface area (Å²) in [6, 6.07) is 3.13. The molecule has 4 rings (SSSR count). The predicted octanol–water partition coefficient (Wildman–Crippen LogP) is 6.48. The molecule has 0 amide bonds. The van der Waals surface area contributed by atoms with Gasteiger partial charge in [0.15, 0.2) is 11.6 Å². The average Bonchev–Trinajstić information content (AvgIpc) is 3.08. The summed E-state index contributed by atoms with van der Waals surface area (Å²) in [4.78, 5) is 24.6. The summed E-state index contributed by atoms with van der Waals surface area (Å²) in [7, 11) is 0. The van der Waals surface area contributed by atoms with Crippen LogP contribution in [0.15, 0.2) is 12.1 Å². The van der Waals surface area contributed by atoms with Crippen LogP contribution in [0.1, 0.15) is 88.5 Å². The third kappa shape index (κ3) is 4.47. The molecule has 0 unspecified atom stereocenters. The Morgan fingerprint density at radius 1 is 0.844 bits per heavy atom. The number of carbonyl (C=O) groups excluding carboxylic acids is 2. The molecule has 0 aliphatic heterocycles. The number of alkyl halides is 1. The summed E-state index contributed by atoms with van der Waals surface area (Å²) < 4.78 is 46.6. The molecule has 1 aromatic carbocycles. The molecule has 3 nitrogen and oxygen atoms in total. The van der Waals surface area contributed by atoms with Gasteiger partial charge in [-0.05, 0) is 93.6 Å². The highest BCUT2D eigenvalue weighted by Gasteiger charge is 2.51. The fourth-order valence-electron chi connectivity index (χ4n) is 6.28. The zero-order chi connectivity index (χ0) is 22.7. The summed E-state index contributed by atoms with van der Waals surface area (Å²) in [6.07, 6.45) is 8.44. The first-order chi connectivity index (χ1) is 15.5. The van der Waals surface area contributed by atoms with Crippen molar-refractivity contribution in [2.45, 2.75) is 83.0 Å². The fourth-order valence-corrected chi connectivity index (χ4v) is 6.28. The van der Waals surface area contributed by atoms with Gasteiger partial charge >= 0.3 is 0 Å². The number of rotatable bonds is 7. The van der Waals surface area contributed by atoms with Crippen LogP contribution in [0.3, 0.4) is 0 Å². The minimum Gasteiger partial charge on any atom is -0.490 e. The number of Topliss-reactive ketones (excluding diaryl/α,β-unsaturated/α-hetero) is 2. The van der Waals surface area contributed by atoms with Crippen LogP contribution in [0, 0.1) is 28.9 Å². The lowest BCUT2D eigenvalue weighted by Crippen LogP contribution is -2.38. The number of hydrogen-bond donors (Lipinski definition) is 0. The molecule has 3 fully saturated rings. The summed E-state index contributed by atoms with van der Waals surface area (Å²) in [5.74, 6) is -0.539. The van der Waals surface area contributed by atoms with E-state index >= 15 is 0 Å². The first-order valence-electron chi connectivity index (χ1n) is 12.2. The van der Waals surface area contributed by atoms with Gasteiger partial charge < -0.3 is 4.74 Å². The van der Waals surface area contributed by atoms with Gasteiger partial charge in [0.1, 0.15) is 11.6 Å². The largest absolute Gasteiger partial charge is 0.490 e. The molecular formula is C26H33F3O3. The predicted molar refractivity (Wildman–Crippen MR) is 115 cm³/mol. The lowest BCUT2D eigenvalue weighted by atomic mass is 9.63. The van der Waals surface area contributed by atoms with E-state index in [0.717, 1.165) is 38.5 Å². The van der Waals surface area contributed by atoms with Gasteiger partial charge in [-0.2, -0.15) is 4.39 Å². The van der Waals surface area contributed by atoms with E-state index in [1.807, 2.05) is 0 Å². The molecule has 6 heteroatoms. The molecule has 0 heterocycles. The molecule has 176 valence electrons. The second-order valence-corrected chi connectivity index (χ2v) is 9.90. The Balaban J connectivity index is 1.31. The Morgan fingerprint density at radius 3 is 2.09 bits per heavy atom. The maximum atomic E-state index is 14.7. The molecule has 0 radical (unpaired) electrons. The monoisotopic (exact) mass is 450 g/mol. The van der Waals surface area contributed by atoms with Crippen molar-refractivity contribution in [3.05, 3.63) is 29.3 Å². The van der Waals surface area contributed by atoms with Gasteiger partial charge in [-0.25, -0.2) is 4.39 Å². The minimum atomic E-state index is -0.951. The SMILES string of the molecule is O=C1CCC(=O)C12CCC(C1CCC(c3ccc(OCCCCF)c(F)c3F)CC1)CC2. The zero-order valence-corrected chi connectivity index (χ0v) is 18.6. The molecule has 3 saturated carbocycles. The summed E-state index contributed by atoms with van der Waals surface area (Å²) in [5.41, 5.74) is -0.258. The third-order valence-corrected chi connectivity index (χ3v) is 8.27. The average molecular weight is 451 g/mol. The summed E-state index contributed by atoms with van der Waals surface area (Å²) in [5, 5.41) is 0. The Bertz CT molecular complexity index is 819. The van der Waals surface area contributed by atoms with Gasteiger partial charge in [0.2, 0.25) is 5.82 Å². The minimum absolute atomic E-state index is 0.00532. The van der Waals surface area contributed by atoms with E-state index in [4.69, 9.17) is 4.74 Å². The number of hydrogen-bond acceptors (Lipinski definition) is 3. The molecule has 0 saturated heterocycles. The first-order valence-corrected chi connectivity index (χ1v) is 12.2. The summed E-state index contributed by atoms with van der Waals surface area (Å²) in [6.45, 7) is -0.273. The molecule has 3 aliphatic rings. The normalized spacial score (nSPS) is 26.1. The molecule has 0 bridgehead atoms. The summed E-state index contributed by atoms with van der Waals surface area (Å²) >= 11 is 0.